The van der Waals surface area contributed by atoms with Gasteiger partial charge >= 0.3 is 0 Å². The number of fused-ring (bicyclic) bond motifs is 1. The van der Waals surface area contributed by atoms with Gasteiger partial charge in [-0.1, -0.05) is 55.2 Å². The molecule has 0 bridgehead atoms. The second-order valence-electron chi connectivity index (χ2n) is 8.30. The van der Waals surface area contributed by atoms with E-state index in [4.69, 9.17) is 4.98 Å². The zero-order valence-corrected chi connectivity index (χ0v) is 16.5. The Bertz CT molecular complexity index is 928. The molecule has 0 N–H and O–H groups in total. The summed E-state index contributed by atoms with van der Waals surface area (Å²) in [6.45, 7) is 8.92. The van der Waals surface area contributed by atoms with Gasteiger partial charge in [0.1, 0.15) is 0 Å². The first kappa shape index (κ1) is 17.3. The molecule has 1 nitrogen and oxygen atoms in total. The first-order valence-corrected chi connectivity index (χ1v) is 10.0. The third kappa shape index (κ3) is 3.16. The van der Waals surface area contributed by atoms with Crippen LogP contribution in [0.25, 0.3) is 22.0 Å². The third-order valence-electron chi connectivity index (χ3n) is 6.24. The van der Waals surface area contributed by atoms with Crippen LogP contribution in [0.4, 0.5) is 0 Å². The minimum absolute atomic E-state index is 0.652. The molecule has 0 aliphatic heterocycles. The SMILES string of the molecule is Cc1cc(C)cc(-c2ncc(C)c3cc(C(C)C4CCCC4)ccc23)c1. The van der Waals surface area contributed by atoms with Crippen molar-refractivity contribution in [2.45, 2.75) is 59.3 Å². The molecular formula is C25H29N. The summed E-state index contributed by atoms with van der Waals surface area (Å²) in [5.74, 6) is 1.51. The molecule has 1 aliphatic rings. The Hall–Kier alpha value is -2.15. The lowest BCUT2D eigenvalue weighted by molar-refractivity contribution is 0.461. The number of pyridine rings is 1. The van der Waals surface area contributed by atoms with Crippen LogP contribution in [-0.4, -0.2) is 4.98 Å². The van der Waals surface area contributed by atoms with Crippen molar-refractivity contribution in [1.82, 2.24) is 4.98 Å². The number of aryl methyl sites for hydroxylation is 3. The molecule has 0 spiro atoms. The zero-order valence-electron chi connectivity index (χ0n) is 16.5. The molecule has 0 saturated heterocycles. The Morgan fingerprint density at radius 3 is 2.27 bits per heavy atom. The van der Waals surface area contributed by atoms with Gasteiger partial charge in [0.05, 0.1) is 5.69 Å². The second-order valence-corrected chi connectivity index (χ2v) is 8.30. The largest absolute Gasteiger partial charge is 0.255 e. The van der Waals surface area contributed by atoms with Crippen LogP contribution in [-0.2, 0) is 0 Å². The standard InChI is InChI=1S/C25H29N/c1-16-11-17(2)13-22(12-16)25-23-10-9-21(14-24(23)18(3)15-26-25)19(4)20-7-5-6-8-20/h9-15,19-20H,5-8H2,1-4H3. The van der Waals surface area contributed by atoms with E-state index in [9.17, 15) is 0 Å². The smallest absolute Gasteiger partial charge is 0.0780 e. The summed E-state index contributed by atoms with van der Waals surface area (Å²) in [4.78, 5) is 4.81. The molecule has 2 aromatic carbocycles. The quantitative estimate of drug-likeness (QED) is 0.493. The van der Waals surface area contributed by atoms with Crippen molar-refractivity contribution in [3.8, 4) is 11.3 Å². The lowest BCUT2D eigenvalue weighted by atomic mass is 9.85. The molecule has 1 saturated carbocycles. The zero-order chi connectivity index (χ0) is 18.3. The molecule has 134 valence electrons. The van der Waals surface area contributed by atoms with Gasteiger partial charge < -0.3 is 0 Å². The van der Waals surface area contributed by atoms with Crippen molar-refractivity contribution >= 4 is 10.8 Å². The minimum atomic E-state index is 0.652. The lowest BCUT2D eigenvalue weighted by Gasteiger charge is -2.20. The molecule has 26 heavy (non-hydrogen) atoms. The van der Waals surface area contributed by atoms with Crippen molar-refractivity contribution in [2.75, 3.05) is 0 Å². The number of benzene rings is 2. The molecule has 1 unspecified atom stereocenters. The third-order valence-corrected chi connectivity index (χ3v) is 6.24. The average Bonchev–Trinajstić information content (AvgIpc) is 3.15. The molecule has 1 heterocycles. The monoisotopic (exact) mass is 343 g/mol. The van der Waals surface area contributed by atoms with Gasteiger partial charge in [0, 0.05) is 17.1 Å². The predicted octanol–water partition coefficient (Wildman–Crippen LogP) is 7.12. The number of hydrogen-bond acceptors (Lipinski definition) is 1. The maximum atomic E-state index is 4.81. The van der Waals surface area contributed by atoms with Crippen LogP contribution >= 0.6 is 0 Å². The Kier molecular flexibility index (Phi) is 4.56. The molecule has 0 radical (unpaired) electrons. The topological polar surface area (TPSA) is 12.9 Å². The van der Waals surface area contributed by atoms with Crippen molar-refractivity contribution in [3.05, 3.63) is 64.8 Å². The van der Waals surface area contributed by atoms with E-state index in [0.717, 1.165) is 11.6 Å². The normalized spacial score (nSPS) is 16.3. The van der Waals surface area contributed by atoms with Crippen LogP contribution in [0.1, 0.15) is 60.8 Å². The highest BCUT2D eigenvalue weighted by Gasteiger charge is 2.23. The summed E-state index contributed by atoms with van der Waals surface area (Å²) >= 11 is 0. The van der Waals surface area contributed by atoms with E-state index >= 15 is 0 Å². The van der Waals surface area contributed by atoms with E-state index < -0.39 is 0 Å². The average molecular weight is 344 g/mol. The van der Waals surface area contributed by atoms with Gasteiger partial charge in [-0.25, -0.2) is 0 Å². The molecule has 1 aromatic heterocycles. The summed E-state index contributed by atoms with van der Waals surface area (Å²) in [7, 11) is 0. The van der Waals surface area contributed by atoms with Crippen LogP contribution in [0.5, 0.6) is 0 Å². The summed E-state index contributed by atoms with van der Waals surface area (Å²) in [5.41, 5.74) is 7.68. The Labute approximate surface area is 157 Å². The van der Waals surface area contributed by atoms with E-state index in [1.165, 1.54) is 64.3 Å². The number of hydrogen-bond donors (Lipinski definition) is 0. The first-order chi connectivity index (χ1) is 12.5. The van der Waals surface area contributed by atoms with Gasteiger partial charge in [-0.2, -0.15) is 0 Å². The molecule has 1 fully saturated rings. The van der Waals surface area contributed by atoms with Crippen molar-refractivity contribution in [2.24, 2.45) is 5.92 Å². The van der Waals surface area contributed by atoms with Crippen LogP contribution in [0.3, 0.4) is 0 Å². The summed E-state index contributed by atoms with van der Waals surface area (Å²) in [5, 5.41) is 2.63. The minimum Gasteiger partial charge on any atom is -0.255 e. The van der Waals surface area contributed by atoms with E-state index in [0.29, 0.717) is 5.92 Å². The van der Waals surface area contributed by atoms with E-state index in [2.05, 4.69) is 64.1 Å². The molecular weight excluding hydrogens is 314 g/mol. The number of rotatable bonds is 3. The van der Waals surface area contributed by atoms with E-state index in [1.54, 1.807) is 0 Å². The van der Waals surface area contributed by atoms with Crippen LogP contribution in [0, 0.1) is 26.7 Å². The molecule has 1 aliphatic carbocycles. The van der Waals surface area contributed by atoms with E-state index in [1.807, 2.05) is 6.20 Å². The van der Waals surface area contributed by atoms with Crippen LogP contribution in [0.2, 0.25) is 0 Å². The highest BCUT2D eigenvalue weighted by Crippen LogP contribution is 2.39. The molecule has 1 atom stereocenters. The lowest BCUT2D eigenvalue weighted by Crippen LogP contribution is -2.06. The van der Waals surface area contributed by atoms with Crippen molar-refractivity contribution in [1.29, 1.82) is 0 Å². The van der Waals surface area contributed by atoms with E-state index in [-0.39, 0.29) is 0 Å². The molecule has 4 rings (SSSR count). The Morgan fingerprint density at radius 1 is 0.885 bits per heavy atom. The Morgan fingerprint density at radius 2 is 1.58 bits per heavy atom. The van der Waals surface area contributed by atoms with Gasteiger partial charge in [-0.05, 0) is 74.1 Å². The van der Waals surface area contributed by atoms with Gasteiger partial charge in [0.25, 0.3) is 0 Å². The Balaban J connectivity index is 1.82. The maximum absolute atomic E-state index is 4.81. The van der Waals surface area contributed by atoms with Crippen molar-refractivity contribution < 1.29 is 0 Å². The molecule has 1 heteroatoms. The van der Waals surface area contributed by atoms with Crippen LogP contribution in [0.15, 0.2) is 42.6 Å². The van der Waals surface area contributed by atoms with Crippen LogP contribution < -0.4 is 0 Å². The number of aromatic nitrogens is 1. The fourth-order valence-corrected chi connectivity index (χ4v) is 4.75. The van der Waals surface area contributed by atoms with Crippen molar-refractivity contribution in [3.63, 3.8) is 0 Å². The highest BCUT2D eigenvalue weighted by molar-refractivity contribution is 5.96. The number of nitrogens with zero attached hydrogens (tertiary/aromatic N) is 1. The predicted molar refractivity (Wildman–Crippen MR) is 112 cm³/mol. The highest BCUT2D eigenvalue weighted by atomic mass is 14.7. The summed E-state index contributed by atoms with van der Waals surface area (Å²) < 4.78 is 0. The fourth-order valence-electron chi connectivity index (χ4n) is 4.75. The first-order valence-electron chi connectivity index (χ1n) is 10.0. The van der Waals surface area contributed by atoms with Gasteiger partial charge in [-0.3, -0.25) is 4.98 Å². The summed E-state index contributed by atoms with van der Waals surface area (Å²) in [6.07, 6.45) is 7.63. The van der Waals surface area contributed by atoms with Gasteiger partial charge in [-0.15, -0.1) is 0 Å². The van der Waals surface area contributed by atoms with Gasteiger partial charge in [0.2, 0.25) is 0 Å². The second kappa shape index (κ2) is 6.87. The van der Waals surface area contributed by atoms with Gasteiger partial charge in [0.15, 0.2) is 0 Å². The summed E-state index contributed by atoms with van der Waals surface area (Å²) in [6, 6.07) is 13.8. The molecule has 0 amide bonds. The fraction of sp³-hybridized carbons (Fsp3) is 0.400. The molecule has 3 aromatic rings. The maximum Gasteiger partial charge on any atom is 0.0780 e.